The highest BCUT2D eigenvalue weighted by molar-refractivity contribution is 5.10. The summed E-state index contributed by atoms with van der Waals surface area (Å²) in [6, 6.07) is 0. The highest BCUT2D eigenvalue weighted by Gasteiger charge is 2.04. The monoisotopic (exact) mass is 647 g/mol. The minimum atomic E-state index is -0.377. The average Bonchev–Trinajstić information content (AvgIpc) is 3.00. The van der Waals surface area contributed by atoms with Crippen molar-refractivity contribution in [2.45, 2.75) is 171 Å². The van der Waals surface area contributed by atoms with Crippen LogP contribution in [0.4, 0.5) is 0 Å². The Labute approximate surface area is 292 Å². The van der Waals surface area contributed by atoms with Gasteiger partial charge in [0.15, 0.2) is 0 Å². The second-order valence-corrected chi connectivity index (χ2v) is 14.3. The zero-order valence-corrected chi connectivity index (χ0v) is 32.3. The molecule has 0 radical (unpaired) electrons. The van der Waals surface area contributed by atoms with Gasteiger partial charge in [0.05, 0.1) is 12.7 Å². The van der Waals surface area contributed by atoms with Crippen LogP contribution in [0.1, 0.15) is 165 Å². The molecular formula is C45H74O2. The Morgan fingerprint density at radius 1 is 0.404 bits per heavy atom. The topological polar surface area (TPSA) is 40.5 Å². The summed E-state index contributed by atoms with van der Waals surface area (Å²) in [5, 5.41) is 18.9. The second kappa shape index (κ2) is 28.6. The van der Waals surface area contributed by atoms with Gasteiger partial charge in [0.2, 0.25) is 0 Å². The zero-order chi connectivity index (χ0) is 35.5. The third-order valence-corrected chi connectivity index (χ3v) is 9.04. The van der Waals surface area contributed by atoms with Crippen molar-refractivity contribution in [3.05, 3.63) is 105 Å². The Balaban J connectivity index is 4.23. The van der Waals surface area contributed by atoms with Gasteiger partial charge in [-0.05, 0) is 165 Å². The Morgan fingerprint density at radius 3 is 0.830 bits per heavy atom. The molecule has 2 N–H and O–H groups in total. The Kier molecular flexibility index (Phi) is 27.1. The Bertz CT molecular complexity index is 1130. The molecule has 0 saturated carbocycles. The number of allylic oxidation sites excluding steroid dienone is 15. The van der Waals surface area contributed by atoms with E-state index < -0.39 is 0 Å². The van der Waals surface area contributed by atoms with Gasteiger partial charge in [-0.15, -0.1) is 0 Å². The third-order valence-electron chi connectivity index (χ3n) is 9.04. The smallest absolute Gasteiger partial charge is 0.0747 e. The quantitative estimate of drug-likeness (QED) is 0.0918. The molecule has 0 amide bonds. The van der Waals surface area contributed by atoms with Crippen molar-refractivity contribution in [1.82, 2.24) is 0 Å². The van der Waals surface area contributed by atoms with Gasteiger partial charge in [-0.2, -0.15) is 0 Å². The van der Waals surface area contributed by atoms with Gasteiger partial charge in [-0.25, -0.2) is 0 Å². The lowest BCUT2D eigenvalue weighted by molar-refractivity contribution is 0.201. The van der Waals surface area contributed by atoms with Crippen LogP contribution >= 0.6 is 0 Å². The fraction of sp³-hybridized carbons (Fsp3) is 0.600. The Morgan fingerprint density at radius 2 is 0.617 bits per heavy atom. The van der Waals surface area contributed by atoms with Gasteiger partial charge in [0, 0.05) is 0 Å². The summed E-state index contributed by atoms with van der Waals surface area (Å²) < 4.78 is 0. The fourth-order valence-electron chi connectivity index (χ4n) is 5.41. The molecule has 0 aromatic rings. The molecule has 0 aliphatic rings. The SMILES string of the molecule is C=C(C)[C@H](O)CC/C(C)=C/CC/C(C)=C/CC/C(C)=C/CC/C(C)=C/CC/C(C)=C/CC/C(C)=C/CC/C(C)=C/CC/C(C)=C/CO. The van der Waals surface area contributed by atoms with Crippen molar-refractivity contribution in [2.24, 2.45) is 0 Å². The van der Waals surface area contributed by atoms with E-state index in [1.807, 2.05) is 13.0 Å². The van der Waals surface area contributed by atoms with Gasteiger partial charge in [-0.3, -0.25) is 0 Å². The van der Waals surface area contributed by atoms with Crippen molar-refractivity contribution >= 4 is 0 Å². The molecule has 0 aliphatic heterocycles. The molecule has 2 nitrogen and oxygen atoms in total. The number of aliphatic hydroxyl groups is 2. The highest BCUT2D eigenvalue weighted by Crippen LogP contribution is 2.18. The summed E-state index contributed by atoms with van der Waals surface area (Å²) in [4.78, 5) is 0. The summed E-state index contributed by atoms with van der Waals surface area (Å²) in [6.07, 6.45) is 35.8. The highest BCUT2D eigenvalue weighted by atomic mass is 16.3. The summed E-state index contributed by atoms with van der Waals surface area (Å²) >= 11 is 0. The lowest BCUT2D eigenvalue weighted by Gasteiger charge is -2.10. The Hall–Kier alpha value is -2.42. The normalized spacial score (nSPS) is 15.5. The van der Waals surface area contributed by atoms with Gasteiger partial charge >= 0.3 is 0 Å². The van der Waals surface area contributed by atoms with Crippen LogP contribution in [0.5, 0.6) is 0 Å². The molecule has 0 unspecified atom stereocenters. The van der Waals surface area contributed by atoms with Gasteiger partial charge in [-0.1, -0.05) is 105 Å². The molecule has 0 spiro atoms. The first kappa shape index (κ1) is 44.6. The molecule has 0 aliphatic carbocycles. The van der Waals surface area contributed by atoms with Gasteiger partial charge in [0.1, 0.15) is 0 Å². The van der Waals surface area contributed by atoms with Crippen molar-refractivity contribution in [2.75, 3.05) is 6.61 Å². The van der Waals surface area contributed by atoms with E-state index in [9.17, 15) is 5.11 Å². The molecule has 0 aromatic carbocycles. The van der Waals surface area contributed by atoms with E-state index in [1.54, 1.807) is 0 Å². The summed E-state index contributed by atoms with van der Waals surface area (Å²) in [5.74, 6) is 0. The number of hydrogen-bond acceptors (Lipinski definition) is 2. The molecule has 0 heterocycles. The average molecular weight is 647 g/mol. The second-order valence-electron chi connectivity index (χ2n) is 14.3. The van der Waals surface area contributed by atoms with Crippen molar-refractivity contribution in [3.63, 3.8) is 0 Å². The maximum atomic E-state index is 9.91. The van der Waals surface area contributed by atoms with E-state index in [0.29, 0.717) is 0 Å². The molecule has 0 aromatic heterocycles. The van der Waals surface area contributed by atoms with Crippen LogP contribution in [0, 0.1) is 0 Å². The summed E-state index contributed by atoms with van der Waals surface area (Å²) in [6.45, 7) is 23.7. The van der Waals surface area contributed by atoms with Crippen LogP contribution in [0.25, 0.3) is 0 Å². The summed E-state index contributed by atoms with van der Waals surface area (Å²) in [5.41, 5.74) is 12.5. The van der Waals surface area contributed by atoms with E-state index in [0.717, 1.165) is 108 Å². The summed E-state index contributed by atoms with van der Waals surface area (Å²) in [7, 11) is 0. The standard InChI is InChI=1S/C45H74O2/c1-36(2)45(47)33-32-43(9)30-16-28-41(7)26-14-24-39(5)22-12-20-37(3)18-11-19-38(4)21-13-23-40(6)25-15-27-42(8)29-17-31-44(10)34-35-46/h18,21-22,25-26,29-30,34,45-47H,1,11-17,19-20,23-24,27-28,31-33,35H2,2-10H3/b37-18+,38-21+,39-22+,40-25+,41-26+,42-29+,43-30+,44-34+/t45-/m1/s1. The number of rotatable bonds is 26. The van der Waals surface area contributed by atoms with Crippen LogP contribution in [-0.4, -0.2) is 22.9 Å². The first-order valence-electron chi connectivity index (χ1n) is 18.5. The van der Waals surface area contributed by atoms with Crippen LogP contribution < -0.4 is 0 Å². The minimum Gasteiger partial charge on any atom is -0.392 e. The van der Waals surface area contributed by atoms with E-state index in [2.05, 4.69) is 105 Å². The maximum absolute atomic E-state index is 9.91. The lowest BCUT2D eigenvalue weighted by Crippen LogP contribution is -2.06. The first-order valence-corrected chi connectivity index (χ1v) is 18.5. The molecule has 0 fully saturated rings. The molecule has 1 atom stereocenters. The van der Waals surface area contributed by atoms with Crippen molar-refractivity contribution in [3.8, 4) is 0 Å². The zero-order valence-electron chi connectivity index (χ0n) is 32.3. The third kappa shape index (κ3) is 28.3. The molecule has 47 heavy (non-hydrogen) atoms. The van der Waals surface area contributed by atoms with E-state index >= 15 is 0 Å². The number of hydrogen-bond donors (Lipinski definition) is 2. The number of aliphatic hydroxyl groups excluding tert-OH is 2. The lowest BCUT2D eigenvalue weighted by atomic mass is 10.0. The van der Waals surface area contributed by atoms with Crippen LogP contribution in [-0.2, 0) is 0 Å². The molecular weight excluding hydrogens is 572 g/mol. The van der Waals surface area contributed by atoms with E-state index in [4.69, 9.17) is 5.11 Å². The van der Waals surface area contributed by atoms with Crippen LogP contribution in [0.3, 0.4) is 0 Å². The van der Waals surface area contributed by atoms with E-state index in [1.165, 1.54) is 44.6 Å². The molecule has 0 saturated heterocycles. The first-order chi connectivity index (χ1) is 22.3. The minimum absolute atomic E-state index is 0.147. The van der Waals surface area contributed by atoms with Crippen molar-refractivity contribution in [1.29, 1.82) is 0 Å². The molecule has 0 bridgehead atoms. The van der Waals surface area contributed by atoms with Crippen molar-refractivity contribution < 1.29 is 10.2 Å². The van der Waals surface area contributed by atoms with Crippen LogP contribution in [0.15, 0.2) is 105 Å². The largest absolute Gasteiger partial charge is 0.392 e. The molecule has 0 rings (SSSR count). The fourth-order valence-corrected chi connectivity index (χ4v) is 5.41. The van der Waals surface area contributed by atoms with Gasteiger partial charge in [0.25, 0.3) is 0 Å². The van der Waals surface area contributed by atoms with Gasteiger partial charge < -0.3 is 10.2 Å². The van der Waals surface area contributed by atoms with Crippen LogP contribution in [0.2, 0.25) is 0 Å². The maximum Gasteiger partial charge on any atom is 0.0747 e. The molecule has 266 valence electrons. The predicted octanol–water partition coefficient (Wildman–Crippen LogP) is 13.7. The predicted molar refractivity (Wildman–Crippen MR) is 212 cm³/mol. The van der Waals surface area contributed by atoms with E-state index in [-0.39, 0.29) is 12.7 Å². The molecule has 2 heteroatoms.